The minimum atomic E-state index is 0.515. The molecule has 0 heterocycles. The maximum absolute atomic E-state index is 5.41. The minimum absolute atomic E-state index is 0.515. The molecule has 90 valence electrons. The zero-order valence-corrected chi connectivity index (χ0v) is 10.2. The smallest absolute Gasteiger partial charge is 0.119 e. The van der Waals surface area contributed by atoms with E-state index in [-0.39, 0.29) is 0 Å². The van der Waals surface area contributed by atoms with Crippen LogP contribution in [0.2, 0.25) is 0 Å². The molecule has 1 atom stereocenters. The van der Waals surface area contributed by atoms with E-state index >= 15 is 0 Å². The van der Waals surface area contributed by atoms with Crippen molar-refractivity contribution in [3.63, 3.8) is 0 Å². The van der Waals surface area contributed by atoms with E-state index in [0.29, 0.717) is 19.2 Å². The fourth-order valence-electron chi connectivity index (χ4n) is 1.61. The summed E-state index contributed by atoms with van der Waals surface area (Å²) in [4.78, 5) is 0. The summed E-state index contributed by atoms with van der Waals surface area (Å²) < 4.78 is 5.41. The molecule has 3 heteroatoms. The van der Waals surface area contributed by atoms with E-state index in [1.807, 2.05) is 24.3 Å². The number of anilines is 1. The SMILES string of the molecule is CCCC(C)Nc1ccc(OCCN)cc1. The molecule has 0 saturated heterocycles. The molecule has 1 rings (SSSR count). The van der Waals surface area contributed by atoms with E-state index in [9.17, 15) is 0 Å². The molecule has 3 N–H and O–H groups in total. The molecule has 3 nitrogen and oxygen atoms in total. The van der Waals surface area contributed by atoms with Crippen LogP contribution < -0.4 is 15.8 Å². The van der Waals surface area contributed by atoms with Crippen LogP contribution in [0.15, 0.2) is 24.3 Å². The lowest BCUT2D eigenvalue weighted by Crippen LogP contribution is -2.14. The number of hydrogen-bond donors (Lipinski definition) is 2. The van der Waals surface area contributed by atoms with Crippen molar-refractivity contribution in [3.8, 4) is 5.75 Å². The molecular formula is C13H22N2O. The van der Waals surface area contributed by atoms with Crippen LogP contribution in [0.5, 0.6) is 5.75 Å². The molecule has 0 amide bonds. The van der Waals surface area contributed by atoms with Gasteiger partial charge in [-0.15, -0.1) is 0 Å². The van der Waals surface area contributed by atoms with Crippen LogP contribution in [-0.4, -0.2) is 19.2 Å². The second kappa shape index (κ2) is 7.12. The van der Waals surface area contributed by atoms with Gasteiger partial charge >= 0.3 is 0 Å². The molecule has 0 spiro atoms. The third-order valence-corrected chi connectivity index (χ3v) is 2.38. The first-order valence-corrected chi connectivity index (χ1v) is 5.95. The average Bonchev–Trinajstić information content (AvgIpc) is 2.28. The Hall–Kier alpha value is -1.22. The highest BCUT2D eigenvalue weighted by atomic mass is 16.5. The molecule has 0 bridgehead atoms. The molecule has 0 fully saturated rings. The number of nitrogens with two attached hydrogens (primary N) is 1. The van der Waals surface area contributed by atoms with Gasteiger partial charge in [-0.3, -0.25) is 0 Å². The van der Waals surface area contributed by atoms with Crippen LogP contribution >= 0.6 is 0 Å². The molecule has 0 saturated carbocycles. The fourth-order valence-corrected chi connectivity index (χ4v) is 1.61. The van der Waals surface area contributed by atoms with Gasteiger partial charge in [0.1, 0.15) is 12.4 Å². The summed E-state index contributed by atoms with van der Waals surface area (Å²) in [6.45, 7) is 5.51. The predicted octanol–water partition coefficient (Wildman–Crippen LogP) is 2.62. The van der Waals surface area contributed by atoms with Crippen LogP contribution in [0.4, 0.5) is 5.69 Å². The predicted molar refractivity (Wildman–Crippen MR) is 69.0 cm³/mol. The fraction of sp³-hybridized carbons (Fsp3) is 0.538. The quantitative estimate of drug-likeness (QED) is 0.745. The summed E-state index contributed by atoms with van der Waals surface area (Å²) in [6, 6.07) is 8.53. The van der Waals surface area contributed by atoms with E-state index in [0.717, 1.165) is 11.4 Å². The molecule has 0 aliphatic heterocycles. The molecular weight excluding hydrogens is 200 g/mol. The largest absolute Gasteiger partial charge is 0.492 e. The summed E-state index contributed by atoms with van der Waals surface area (Å²) in [5, 5.41) is 3.45. The molecule has 1 unspecified atom stereocenters. The Balaban J connectivity index is 2.44. The van der Waals surface area contributed by atoms with Crippen molar-refractivity contribution in [1.29, 1.82) is 0 Å². The van der Waals surface area contributed by atoms with E-state index in [2.05, 4.69) is 19.2 Å². The monoisotopic (exact) mass is 222 g/mol. The van der Waals surface area contributed by atoms with Gasteiger partial charge in [0.15, 0.2) is 0 Å². The second-order valence-electron chi connectivity index (χ2n) is 4.00. The van der Waals surface area contributed by atoms with Gasteiger partial charge in [-0.2, -0.15) is 0 Å². The van der Waals surface area contributed by atoms with Crippen LogP contribution in [0.25, 0.3) is 0 Å². The normalized spacial score (nSPS) is 12.2. The molecule has 0 aromatic heterocycles. The van der Waals surface area contributed by atoms with Crippen LogP contribution in [-0.2, 0) is 0 Å². The molecule has 0 aliphatic rings. The van der Waals surface area contributed by atoms with Gasteiger partial charge in [0.05, 0.1) is 0 Å². The Kier molecular flexibility index (Phi) is 5.72. The van der Waals surface area contributed by atoms with Crippen LogP contribution in [0, 0.1) is 0 Å². The topological polar surface area (TPSA) is 47.3 Å². The van der Waals surface area contributed by atoms with Crippen LogP contribution in [0.1, 0.15) is 26.7 Å². The standard InChI is InChI=1S/C13H22N2O/c1-3-4-11(2)15-12-5-7-13(8-6-12)16-10-9-14/h5-8,11,15H,3-4,9-10,14H2,1-2H3. The summed E-state index contributed by atoms with van der Waals surface area (Å²) >= 11 is 0. The third-order valence-electron chi connectivity index (χ3n) is 2.38. The first-order chi connectivity index (χ1) is 7.76. The van der Waals surface area contributed by atoms with Gasteiger partial charge in [0.2, 0.25) is 0 Å². The Morgan fingerprint density at radius 3 is 2.56 bits per heavy atom. The number of ether oxygens (including phenoxy) is 1. The Morgan fingerprint density at radius 2 is 2.00 bits per heavy atom. The van der Waals surface area contributed by atoms with Gasteiger partial charge in [0.25, 0.3) is 0 Å². The van der Waals surface area contributed by atoms with Crippen molar-refractivity contribution in [1.82, 2.24) is 0 Å². The van der Waals surface area contributed by atoms with Crippen molar-refractivity contribution in [2.24, 2.45) is 5.73 Å². The second-order valence-corrected chi connectivity index (χ2v) is 4.00. The molecule has 1 aromatic rings. The summed E-state index contributed by atoms with van der Waals surface area (Å²) in [7, 11) is 0. The van der Waals surface area contributed by atoms with E-state index in [4.69, 9.17) is 10.5 Å². The average molecular weight is 222 g/mol. The Labute approximate surface area is 98.0 Å². The van der Waals surface area contributed by atoms with Gasteiger partial charge < -0.3 is 15.8 Å². The molecule has 0 aliphatic carbocycles. The van der Waals surface area contributed by atoms with Gasteiger partial charge in [-0.05, 0) is 37.6 Å². The van der Waals surface area contributed by atoms with Gasteiger partial charge in [-0.25, -0.2) is 0 Å². The number of benzene rings is 1. The first kappa shape index (κ1) is 12.8. The van der Waals surface area contributed by atoms with Crippen molar-refractivity contribution < 1.29 is 4.74 Å². The maximum atomic E-state index is 5.41. The summed E-state index contributed by atoms with van der Waals surface area (Å²) in [6.07, 6.45) is 2.39. The third kappa shape index (κ3) is 4.53. The Morgan fingerprint density at radius 1 is 1.31 bits per heavy atom. The summed E-state index contributed by atoms with van der Waals surface area (Å²) in [5.74, 6) is 0.874. The maximum Gasteiger partial charge on any atom is 0.119 e. The zero-order valence-electron chi connectivity index (χ0n) is 10.2. The highest BCUT2D eigenvalue weighted by molar-refractivity contribution is 5.46. The first-order valence-electron chi connectivity index (χ1n) is 5.95. The van der Waals surface area contributed by atoms with E-state index in [1.165, 1.54) is 12.8 Å². The number of rotatable bonds is 7. The lowest BCUT2D eigenvalue weighted by Gasteiger charge is -2.14. The number of nitrogens with one attached hydrogen (secondary N) is 1. The van der Waals surface area contributed by atoms with E-state index in [1.54, 1.807) is 0 Å². The highest BCUT2D eigenvalue weighted by Gasteiger charge is 2.00. The van der Waals surface area contributed by atoms with Crippen molar-refractivity contribution in [3.05, 3.63) is 24.3 Å². The van der Waals surface area contributed by atoms with Crippen molar-refractivity contribution in [2.75, 3.05) is 18.5 Å². The van der Waals surface area contributed by atoms with Crippen LogP contribution in [0.3, 0.4) is 0 Å². The minimum Gasteiger partial charge on any atom is -0.492 e. The lowest BCUT2D eigenvalue weighted by molar-refractivity contribution is 0.328. The number of hydrogen-bond acceptors (Lipinski definition) is 3. The summed E-state index contributed by atoms with van der Waals surface area (Å²) in [5.41, 5.74) is 6.51. The molecule has 0 radical (unpaired) electrons. The van der Waals surface area contributed by atoms with Gasteiger partial charge in [0, 0.05) is 18.3 Å². The van der Waals surface area contributed by atoms with E-state index < -0.39 is 0 Å². The Bertz CT molecular complexity index is 284. The van der Waals surface area contributed by atoms with Crippen molar-refractivity contribution in [2.45, 2.75) is 32.7 Å². The van der Waals surface area contributed by atoms with Crippen molar-refractivity contribution >= 4 is 5.69 Å². The zero-order chi connectivity index (χ0) is 11.8. The van der Waals surface area contributed by atoms with Gasteiger partial charge in [-0.1, -0.05) is 13.3 Å². The highest BCUT2D eigenvalue weighted by Crippen LogP contribution is 2.16. The molecule has 1 aromatic carbocycles. The molecule has 16 heavy (non-hydrogen) atoms. The lowest BCUT2D eigenvalue weighted by atomic mass is 10.2.